The first-order valence-electron chi connectivity index (χ1n) is 12.1. The zero-order valence-electron chi connectivity index (χ0n) is 19.9. The van der Waals surface area contributed by atoms with Crippen LogP contribution in [0.15, 0.2) is 30.3 Å². The van der Waals surface area contributed by atoms with Gasteiger partial charge in [-0.3, -0.25) is 14.4 Å². The SMILES string of the molecule is CCCC(C)NC(=O)C1N([C@H](C)CO)C(=O)[C@@H]2[C@H](C(=O)NCc3ccccc3)[C@H]3OC12CC3Br. The molecule has 0 saturated carbocycles. The van der Waals surface area contributed by atoms with Crippen LogP contribution in [0.1, 0.15) is 45.6 Å². The van der Waals surface area contributed by atoms with Crippen LogP contribution in [0.25, 0.3) is 0 Å². The summed E-state index contributed by atoms with van der Waals surface area (Å²) in [4.78, 5) is 42.0. The van der Waals surface area contributed by atoms with E-state index in [1.807, 2.05) is 44.2 Å². The van der Waals surface area contributed by atoms with E-state index in [0.29, 0.717) is 13.0 Å². The third-order valence-electron chi connectivity index (χ3n) is 7.44. The lowest BCUT2D eigenvalue weighted by atomic mass is 9.70. The predicted octanol–water partition coefficient (Wildman–Crippen LogP) is 1.74. The molecule has 3 heterocycles. The summed E-state index contributed by atoms with van der Waals surface area (Å²) in [7, 11) is 0. The molecule has 8 nitrogen and oxygen atoms in total. The van der Waals surface area contributed by atoms with Crippen LogP contribution in [0.2, 0.25) is 0 Å². The van der Waals surface area contributed by atoms with Crippen molar-refractivity contribution in [3.8, 4) is 0 Å². The van der Waals surface area contributed by atoms with Gasteiger partial charge in [0.15, 0.2) is 0 Å². The number of ether oxygens (including phenoxy) is 1. The van der Waals surface area contributed by atoms with Crippen molar-refractivity contribution in [3.63, 3.8) is 0 Å². The van der Waals surface area contributed by atoms with Crippen molar-refractivity contribution in [2.45, 2.75) is 81.2 Å². The van der Waals surface area contributed by atoms with Gasteiger partial charge in [0, 0.05) is 17.4 Å². The number of hydrogen-bond donors (Lipinski definition) is 3. The molecule has 1 spiro atoms. The van der Waals surface area contributed by atoms with E-state index in [4.69, 9.17) is 4.74 Å². The number of amides is 3. The third kappa shape index (κ3) is 4.16. The first-order chi connectivity index (χ1) is 16.2. The maximum Gasteiger partial charge on any atom is 0.246 e. The van der Waals surface area contributed by atoms with E-state index in [1.165, 1.54) is 4.90 Å². The molecule has 3 fully saturated rings. The number of likely N-dealkylation sites (tertiary alicyclic amines) is 1. The number of carbonyl (C=O) groups excluding carboxylic acids is 3. The molecule has 0 radical (unpaired) electrons. The van der Waals surface area contributed by atoms with Crippen LogP contribution >= 0.6 is 15.9 Å². The Balaban J connectivity index is 1.64. The second kappa shape index (κ2) is 9.95. The van der Waals surface area contributed by atoms with Crippen LogP contribution < -0.4 is 10.6 Å². The molecule has 3 saturated heterocycles. The summed E-state index contributed by atoms with van der Waals surface area (Å²) in [6, 6.07) is 8.04. The number of rotatable bonds is 9. The van der Waals surface area contributed by atoms with E-state index in [-0.39, 0.29) is 35.2 Å². The minimum Gasteiger partial charge on any atom is -0.394 e. The van der Waals surface area contributed by atoms with Gasteiger partial charge in [0.1, 0.15) is 11.6 Å². The van der Waals surface area contributed by atoms with Crippen molar-refractivity contribution < 1.29 is 24.2 Å². The summed E-state index contributed by atoms with van der Waals surface area (Å²) < 4.78 is 6.44. The van der Waals surface area contributed by atoms with Crippen LogP contribution in [-0.4, -0.2) is 69.0 Å². The maximum absolute atomic E-state index is 13.8. The quantitative estimate of drug-likeness (QED) is 0.417. The Morgan fingerprint density at radius 2 is 1.97 bits per heavy atom. The Kier molecular flexibility index (Phi) is 7.36. The van der Waals surface area contributed by atoms with Crippen molar-refractivity contribution in [1.82, 2.24) is 15.5 Å². The molecule has 0 aliphatic carbocycles. The zero-order chi connectivity index (χ0) is 24.6. The molecule has 3 aliphatic heterocycles. The molecule has 9 heteroatoms. The van der Waals surface area contributed by atoms with Crippen LogP contribution in [0.3, 0.4) is 0 Å². The molecule has 4 rings (SSSR count). The van der Waals surface area contributed by atoms with Crippen molar-refractivity contribution in [2.75, 3.05) is 6.61 Å². The molecular weight excluding hydrogens is 502 g/mol. The number of benzene rings is 1. The number of aliphatic hydroxyl groups excluding tert-OH is 1. The van der Waals surface area contributed by atoms with E-state index >= 15 is 0 Å². The van der Waals surface area contributed by atoms with Gasteiger partial charge in [0.2, 0.25) is 17.7 Å². The lowest BCUT2D eigenvalue weighted by Gasteiger charge is -2.36. The molecule has 8 atom stereocenters. The highest BCUT2D eigenvalue weighted by atomic mass is 79.9. The number of alkyl halides is 1. The number of aliphatic hydroxyl groups is 1. The highest BCUT2D eigenvalue weighted by Gasteiger charge is 2.76. The summed E-state index contributed by atoms with van der Waals surface area (Å²) in [5, 5.41) is 15.9. The number of hydrogen-bond acceptors (Lipinski definition) is 5. The minimum absolute atomic E-state index is 0.0577. The summed E-state index contributed by atoms with van der Waals surface area (Å²) in [6.45, 7) is 5.77. The van der Waals surface area contributed by atoms with Gasteiger partial charge in [-0.15, -0.1) is 0 Å². The van der Waals surface area contributed by atoms with Crippen molar-refractivity contribution in [1.29, 1.82) is 0 Å². The molecular formula is C25H34BrN3O5. The van der Waals surface area contributed by atoms with Crippen molar-refractivity contribution >= 4 is 33.7 Å². The number of carbonyl (C=O) groups is 3. The molecule has 2 bridgehead atoms. The molecule has 34 heavy (non-hydrogen) atoms. The van der Waals surface area contributed by atoms with Crippen LogP contribution in [-0.2, 0) is 25.7 Å². The van der Waals surface area contributed by atoms with Gasteiger partial charge in [0.05, 0.1) is 30.6 Å². The van der Waals surface area contributed by atoms with Crippen LogP contribution in [0.5, 0.6) is 0 Å². The van der Waals surface area contributed by atoms with Gasteiger partial charge in [-0.25, -0.2) is 0 Å². The second-order valence-corrected chi connectivity index (χ2v) is 11.0. The molecule has 0 aromatic heterocycles. The first kappa shape index (κ1) is 25.1. The third-order valence-corrected chi connectivity index (χ3v) is 8.28. The highest BCUT2D eigenvalue weighted by Crippen LogP contribution is 2.60. The summed E-state index contributed by atoms with van der Waals surface area (Å²) in [5.41, 5.74) is -0.148. The topological polar surface area (TPSA) is 108 Å². The standard InChI is InChI=1S/C25H34BrN3O5/c1-4-8-14(2)28-23(32)21-25-11-17(26)20(34-25)18(19(25)24(33)29(21)15(3)13-30)22(31)27-12-16-9-6-5-7-10-16/h5-7,9-10,14-15,17-21,30H,4,8,11-13H2,1-3H3,(H,27,31)(H,28,32)/t14?,15-,17?,18+,19+,20+,21?,25?/m1/s1. The molecule has 1 aromatic carbocycles. The molecule has 3 amide bonds. The van der Waals surface area contributed by atoms with Gasteiger partial charge in [0.25, 0.3) is 0 Å². The number of nitrogens with zero attached hydrogens (tertiary/aromatic N) is 1. The summed E-state index contributed by atoms with van der Waals surface area (Å²) in [5.74, 6) is -2.33. The Hall–Kier alpha value is -1.97. The van der Waals surface area contributed by atoms with Crippen molar-refractivity contribution in [3.05, 3.63) is 35.9 Å². The number of halogens is 1. The summed E-state index contributed by atoms with van der Waals surface area (Å²) >= 11 is 3.66. The molecule has 1 aromatic rings. The van der Waals surface area contributed by atoms with Gasteiger partial charge in [-0.1, -0.05) is 59.6 Å². The fourth-order valence-electron chi connectivity index (χ4n) is 5.96. The first-order valence-corrected chi connectivity index (χ1v) is 13.0. The largest absolute Gasteiger partial charge is 0.394 e. The van der Waals surface area contributed by atoms with Gasteiger partial charge in [-0.05, 0) is 32.3 Å². The zero-order valence-corrected chi connectivity index (χ0v) is 21.5. The normalized spacial score (nSPS) is 33.5. The molecule has 3 aliphatic rings. The Bertz CT molecular complexity index is 930. The van der Waals surface area contributed by atoms with E-state index in [0.717, 1.165) is 18.4 Å². The van der Waals surface area contributed by atoms with Gasteiger partial charge < -0.3 is 25.4 Å². The van der Waals surface area contributed by atoms with Gasteiger partial charge in [-0.2, -0.15) is 0 Å². The van der Waals surface area contributed by atoms with E-state index in [1.54, 1.807) is 6.92 Å². The summed E-state index contributed by atoms with van der Waals surface area (Å²) in [6.07, 6.45) is 1.68. The van der Waals surface area contributed by atoms with E-state index in [2.05, 4.69) is 26.6 Å². The second-order valence-electron chi connectivity index (χ2n) is 9.84. The average molecular weight is 536 g/mol. The smallest absolute Gasteiger partial charge is 0.246 e. The Morgan fingerprint density at radius 3 is 2.62 bits per heavy atom. The predicted molar refractivity (Wildman–Crippen MR) is 130 cm³/mol. The Morgan fingerprint density at radius 1 is 1.26 bits per heavy atom. The van der Waals surface area contributed by atoms with E-state index in [9.17, 15) is 19.5 Å². The fraction of sp³-hybridized carbons (Fsp3) is 0.640. The minimum atomic E-state index is -1.11. The van der Waals surface area contributed by atoms with Crippen LogP contribution in [0, 0.1) is 11.8 Å². The molecule has 3 N–H and O–H groups in total. The Labute approximate surface area is 208 Å². The number of fused-ring (bicyclic) bond motifs is 1. The van der Waals surface area contributed by atoms with Crippen molar-refractivity contribution in [2.24, 2.45) is 11.8 Å². The molecule has 186 valence electrons. The fourth-order valence-corrected chi connectivity index (χ4v) is 6.90. The lowest BCUT2D eigenvalue weighted by molar-refractivity contribution is -0.145. The van der Waals surface area contributed by atoms with Gasteiger partial charge >= 0.3 is 0 Å². The molecule has 4 unspecified atom stereocenters. The maximum atomic E-state index is 13.8. The lowest BCUT2D eigenvalue weighted by Crippen LogP contribution is -2.58. The van der Waals surface area contributed by atoms with E-state index < -0.39 is 35.6 Å². The highest BCUT2D eigenvalue weighted by molar-refractivity contribution is 9.09. The monoisotopic (exact) mass is 535 g/mol. The average Bonchev–Trinajstić information content (AvgIpc) is 3.41. The van der Waals surface area contributed by atoms with Crippen LogP contribution in [0.4, 0.5) is 0 Å². The number of nitrogens with one attached hydrogen (secondary N) is 2.